The van der Waals surface area contributed by atoms with Crippen LogP contribution in [-0.2, 0) is 47.9 Å². The van der Waals surface area contributed by atoms with Gasteiger partial charge < -0.3 is 45.6 Å². The smallest absolute Gasteiger partial charge is 0.317 e. The number of hydrogen-bond acceptors (Lipinski definition) is 14. The zero-order valence-electron chi connectivity index (χ0n) is 49.9. The van der Waals surface area contributed by atoms with E-state index in [-0.39, 0.29) is 5.97 Å². The van der Waals surface area contributed by atoms with Crippen molar-refractivity contribution < 1.29 is 88.7 Å². The Hall–Kier alpha value is -2.72. The third kappa shape index (κ3) is 43.8. The number of hydrogen-bond donors (Lipinski definition) is 8. The van der Waals surface area contributed by atoms with E-state index < -0.39 is 119 Å². The van der Waals surface area contributed by atoms with E-state index >= 15 is 0 Å². The molecule has 0 radical (unpaired) electrons. The summed E-state index contributed by atoms with van der Waals surface area (Å²) in [4.78, 5) is 106. The fourth-order valence-electron chi connectivity index (χ4n) is 10.6. The normalized spacial score (nSPS) is 15.2. The molecule has 18 nitrogen and oxygen atoms in total. The first-order valence-corrected chi connectivity index (χ1v) is 43.7. The minimum atomic E-state index is -2.07. The molecule has 4 atom stereocenters. The van der Waals surface area contributed by atoms with Crippen molar-refractivity contribution in [1.82, 2.24) is 0 Å². The van der Waals surface area contributed by atoms with Gasteiger partial charge in [0.1, 0.15) is 21.0 Å². The number of thioether (sulfide) groups is 4. The largest absolute Gasteiger partial charge is 0.481 e. The van der Waals surface area contributed by atoms with Crippen molar-refractivity contribution in [2.45, 2.75) is 269 Å². The Morgan fingerprint density at radius 2 is 0.573 bits per heavy atom. The van der Waals surface area contributed by atoms with Gasteiger partial charge in [-0.1, -0.05) is 177 Å². The molecule has 25 heteroatoms. The van der Waals surface area contributed by atoms with Crippen LogP contribution in [0.15, 0.2) is 0 Å². The Morgan fingerprint density at radius 3 is 0.829 bits per heavy atom. The summed E-state index contributed by atoms with van der Waals surface area (Å²) in [5, 5.41) is 71.5. The average Bonchev–Trinajstić information content (AvgIpc) is 3.42. The van der Waals surface area contributed by atoms with E-state index in [9.17, 15) is 84.0 Å². The topological polar surface area (TPSA) is 325 Å². The van der Waals surface area contributed by atoms with Crippen molar-refractivity contribution in [2.75, 3.05) is 29.6 Å². The molecular formula is C57H104O18S4Si3. The van der Waals surface area contributed by atoms with Crippen molar-refractivity contribution >= 4 is 125 Å². The Morgan fingerprint density at radius 1 is 0.329 bits per heavy atom. The molecule has 0 aliphatic rings. The lowest BCUT2D eigenvalue weighted by Gasteiger charge is -2.34. The van der Waals surface area contributed by atoms with Crippen molar-refractivity contribution in [2.24, 2.45) is 0 Å². The van der Waals surface area contributed by atoms with E-state index in [1.54, 1.807) is 0 Å². The quantitative estimate of drug-likeness (QED) is 0.0159. The Balaban J connectivity index is 6.22. The molecule has 0 aromatic rings. The highest BCUT2D eigenvalue weighted by Gasteiger charge is 2.34. The average molecular weight is 1290 g/mol. The fourth-order valence-corrected chi connectivity index (χ4v) is 27.9. The minimum absolute atomic E-state index is 0.161. The van der Waals surface area contributed by atoms with Crippen LogP contribution in [0.25, 0.3) is 0 Å². The second-order valence-corrected chi connectivity index (χ2v) is 44.0. The highest BCUT2D eigenvalue weighted by Crippen LogP contribution is 2.37. The standard InChI is InChI=1S/C57H104O18S4Si3/c1-5-6-7-8-9-10-11-12-13-14-15-16-17-26-53(66)75-27-18-19-32-80(2,37-24-39-81(3,33-20-28-76-45(54(67)68)41-49(58)59)34-21-29-77-46(55(69)70)42-50(60)61)38-25-40-82(4,35-22-30-78-47(56(71)72)43-51(62)63)36-23-31-79-48(57(73)74)44-52(64)65/h45-48H,5-44H2,1-4H3,(H,58,59)(H,60,61)(H,62,63)(H,64,65)(H,67,68)(H,69,70)(H,71,72)(H,73,74). The van der Waals surface area contributed by atoms with Crippen LogP contribution >= 0.6 is 47.0 Å². The number of esters is 1. The van der Waals surface area contributed by atoms with E-state index in [0.717, 1.165) is 146 Å². The molecule has 0 saturated heterocycles. The molecule has 0 fully saturated rings. The van der Waals surface area contributed by atoms with Gasteiger partial charge in [-0.15, -0.1) is 47.0 Å². The van der Waals surface area contributed by atoms with Gasteiger partial charge in [0.2, 0.25) is 0 Å². The number of aliphatic carboxylic acids is 8. The number of unbranched alkanes of at least 4 members (excludes halogenated alkanes) is 13. The Labute approximate surface area is 509 Å². The second-order valence-electron chi connectivity index (χ2n) is 23.4. The van der Waals surface area contributed by atoms with Crippen LogP contribution in [0.2, 0.25) is 74.0 Å². The summed E-state index contributed by atoms with van der Waals surface area (Å²) in [6.45, 7) is 9.68. The first-order valence-electron chi connectivity index (χ1n) is 30.2. The summed E-state index contributed by atoms with van der Waals surface area (Å²) >= 11 is 4.51. The van der Waals surface area contributed by atoms with Gasteiger partial charge in [-0.05, 0) is 61.5 Å². The molecule has 0 rings (SSSR count). The molecule has 476 valence electrons. The van der Waals surface area contributed by atoms with Crippen molar-refractivity contribution in [3.05, 3.63) is 0 Å². The molecule has 8 N–H and O–H groups in total. The van der Waals surface area contributed by atoms with Crippen LogP contribution in [-0.4, -0.2) is 169 Å². The van der Waals surface area contributed by atoms with Gasteiger partial charge in [0.05, 0.1) is 56.5 Å². The van der Waals surface area contributed by atoms with Gasteiger partial charge in [-0.25, -0.2) is 0 Å². The van der Waals surface area contributed by atoms with Crippen molar-refractivity contribution in [3.8, 4) is 0 Å². The monoisotopic (exact) mass is 1290 g/mol. The first kappa shape index (κ1) is 79.3. The highest BCUT2D eigenvalue weighted by atomic mass is 32.2. The molecule has 0 spiro atoms. The SMILES string of the molecule is CCCCCCCCCCCCCCCC(=O)OCCCC[Si](C)(CCC[Si](C)(CCCSC(CC(=O)O)C(=O)O)CCCSC(CC(=O)O)C(=O)O)CCC[Si](C)(CCCSC(CC(=O)O)C(=O)O)CCCSC(CC(=O)O)C(=O)O. The zero-order valence-corrected chi connectivity index (χ0v) is 56.2. The summed E-state index contributed by atoms with van der Waals surface area (Å²) in [5.41, 5.74) is 0. The first-order chi connectivity index (χ1) is 38.8. The van der Waals surface area contributed by atoms with Gasteiger partial charge >= 0.3 is 53.7 Å². The molecule has 0 saturated carbocycles. The zero-order chi connectivity index (χ0) is 61.8. The number of carbonyl (C=O) groups is 9. The third-order valence-corrected chi connectivity index (χ3v) is 34.8. The molecule has 0 aromatic heterocycles. The maximum Gasteiger partial charge on any atom is 0.317 e. The second kappa shape index (κ2) is 47.4. The molecule has 0 aromatic carbocycles. The predicted molar refractivity (Wildman–Crippen MR) is 341 cm³/mol. The maximum absolute atomic E-state index is 12.8. The van der Waals surface area contributed by atoms with Crippen LogP contribution in [0.3, 0.4) is 0 Å². The van der Waals surface area contributed by atoms with Gasteiger partial charge in [0.25, 0.3) is 0 Å². The van der Waals surface area contributed by atoms with E-state index in [2.05, 4.69) is 26.6 Å². The van der Waals surface area contributed by atoms with Gasteiger partial charge in [-0.2, -0.15) is 0 Å². The number of ether oxygens (including phenoxy) is 1. The molecule has 0 aliphatic heterocycles. The van der Waals surface area contributed by atoms with Crippen molar-refractivity contribution in [1.29, 1.82) is 0 Å². The molecular weight excluding hydrogens is 1190 g/mol. The molecule has 4 unspecified atom stereocenters. The van der Waals surface area contributed by atoms with E-state index in [1.807, 2.05) is 0 Å². The summed E-state index contributed by atoms with van der Waals surface area (Å²) < 4.78 is 5.72. The van der Waals surface area contributed by atoms with Gasteiger partial charge in [0, 0.05) is 6.42 Å². The van der Waals surface area contributed by atoms with Crippen LogP contribution in [0.5, 0.6) is 0 Å². The number of rotatable bonds is 59. The molecule has 82 heavy (non-hydrogen) atoms. The lowest BCUT2D eigenvalue weighted by Crippen LogP contribution is -2.35. The van der Waals surface area contributed by atoms with Crippen LogP contribution in [0, 0.1) is 0 Å². The molecule has 0 bridgehead atoms. The minimum Gasteiger partial charge on any atom is -0.481 e. The lowest BCUT2D eigenvalue weighted by atomic mass is 10.0. The summed E-state index contributed by atoms with van der Waals surface area (Å²) in [7, 11) is -6.14. The predicted octanol–water partition coefficient (Wildman–Crippen LogP) is 14.0. The number of carbonyl (C=O) groups excluding carboxylic acids is 1. The summed E-state index contributed by atoms with van der Waals surface area (Å²) in [6.07, 6.45) is 20.7. The molecule has 0 amide bonds. The Kier molecular flexibility index (Phi) is 45.9. The van der Waals surface area contributed by atoms with Crippen LogP contribution < -0.4 is 0 Å². The number of carboxylic acid groups (broad SMARTS) is 8. The highest BCUT2D eigenvalue weighted by molar-refractivity contribution is 8.01. The van der Waals surface area contributed by atoms with E-state index in [4.69, 9.17) is 4.74 Å². The van der Waals surface area contributed by atoms with Gasteiger partial charge in [-0.3, -0.25) is 43.2 Å². The summed E-state index contributed by atoms with van der Waals surface area (Å²) in [6, 6.07) is 8.45. The fraction of sp³-hybridized carbons (Fsp3) is 0.842. The van der Waals surface area contributed by atoms with Crippen LogP contribution in [0.4, 0.5) is 0 Å². The van der Waals surface area contributed by atoms with Gasteiger partial charge in [0.15, 0.2) is 0 Å². The maximum atomic E-state index is 12.8. The third-order valence-electron chi connectivity index (χ3n) is 15.6. The molecule has 0 aliphatic carbocycles. The summed E-state index contributed by atoms with van der Waals surface area (Å²) in [5.74, 6) is -7.67. The van der Waals surface area contributed by atoms with E-state index in [1.165, 1.54) is 64.2 Å². The molecule has 0 heterocycles. The van der Waals surface area contributed by atoms with Crippen LogP contribution in [0.1, 0.15) is 174 Å². The van der Waals surface area contributed by atoms with Crippen molar-refractivity contribution in [3.63, 3.8) is 0 Å². The van der Waals surface area contributed by atoms with E-state index in [0.29, 0.717) is 61.7 Å². The number of carboxylic acids is 8. The lowest BCUT2D eigenvalue weighted by molar-refractivity contribution is -0.144. The Bertz CT molecular complexity index is 1680.